The summed E-state index contributed by atoms with van der Waals surface area (Å²) in [5, 5.41) is 3.05. The molecule has 0 amide bonds. The number of benzene rings is 3. The van der Waals surface area contributed by atoms with E-state index in [-0.39, 0.29) is 6.10 Å². The summed E-state index contributed by atoms with van der Waals surface area (Å²) in [7, 11) is 1.85. The molecule has 0 aromatic heterocycles. The maximum absolute atomic E-state index is 12.6. The van der Waals surface area contributed by atoms with E-state index in [1.165, 1.54) is 24.1 Å². The molecule has 0 aliphatic heterocycles. The lowest BCUT2D eigenvalue weighted by Gasteiger charge is -2.20. The molecule has 0 bridgehead atoms. The number of halogens is 3. The van der Waals surface area contributed by atoms with Gasteiger partial charge in [0.1, 0.15) is 11.9 Å². The lowest BCUT2D eigenvalue weighted by atomic mass is 10.1. The molecule has 1 aliphatic rings. The van der Waals surface area contributed by atoms with Gasteiger partial charge in [0.05, 0.1) is 5.56 Å². The Morgan fingerprint density at radius 1 is 0.938 bits per heavy atom. The van der Waals surface area contributed by atoms with E-state index in [1.54, 1.807) is 0 Å². The van der Waals surface area contributed by atoms with Crippen molar-refractivity contribution >= 4 is 0 Å². The fourth-order valence-electron chi connectivity index (χ4n) is 3.42. The summed E-state index contributed by atoms with van der Waals surface area (Å²) >= 11 is 0. The van der Waals surface area contributed by atoms with Crippen molar-refractivity contribution in [1.29, 1.82) is 0 Å². The topological polar surface area (TPSA) is 47.3 Å². The highest BCUT2D eigenvalue weighted by atomic mass is 19.4. The summed E-state index contributed by atoms with van der Waals surface area (Å²) in [5.41, 5.74) is 7.42. The molecule has 3 atom stereocenters. The first-order valence-electron chi connectivity index (χ1n) is 10.7. The maximum Gasteiger partial charge on any atom is 0.416 e. The van der Waals surface area contributed by atoms with Crippen LogP contribution in [0.1, 0.15) is 41.6 Å². The van der Waals surface area contributed by atoms with E-state index in [4.69, 9.17) is 10.5 Å². The number of nitrogens with one attached hydrogen (secondary N) is 1. The van der Waals surface area contributed by atoms with Crippen molar-refractivity contribution in [3.63, 3.8) is 0 Å². The van der Waals surface area contributed by atoms with Gasteiger partial charge < -0.3 is 15.8 Å². The normalized spacial score (nSPS) is 18.3. The van der Waals surface area contributed by atoms with E-state index < -0.39 is 11.7 Å². The van der Waals surface area contributed by atoms with Gasteiger partial charge in [0.2, 0.25) is 0 Å². The number of nitrogens with two attached hydrogens (primary N) is 1. The molecule has 1 unspecified atom stereocenters. The van der Waals surface area contributed by atoms with Gasteiger partial charge in [-0.2, -0.15) is 13.2 Å². The van der Waals surface area contributed by atoms with Gasteiger partial charge in [0.15, 0.2) is 0 Å². The summed E-state index contributed by atoms with van der Waals surface area (Å²) in [6.07, 6.45) is -2.64. The molecule has 3 N–H and O–H groups in total. The minimum atomic E-state index is -4.33. The molecule has 0 heterocycles. The maximum atomic E-state index is 12.6. The van der Waals surface area contributed by atoms with Crippen molar-refractivity contribution in [3.05, 3.63) is 102 Å². The summed E-state index contributed by atoms with van der Waals surface area (Å²) < 4.78 is 43.6. The average Bonchev–Trinajstić information content (AvgIpc) is 3.54. The zero-order valence-electron chi connectivity index (χ0n) is 18.1. The average molecular weight is 443 g/mol. The van der Waals surface area contributed by atoms with E-state index in [2.05, 4.69) is 29.6 Å². The summed E-state index contributed by atoms with van der Waals surface area (Å²) in [4.78, 5) is 0. The van der Waals surface area contributed by atoms with E-state index in [0.29, 0.717) is 17.7 Å². The lowest BCUT2D eigenvalue weighted by molar-refractivity contribution is -0.137. The second kappa shape index (κ2) is 11.2. The van der Waals surface area contributed by atoms with Crippen LogP contribution in [0.3, 0.4) is 0 Å². The fraction of sp³-hybridized carbons (Fsp3) is 0.308. The minimum Gasteiger partial charge on any atom is -0.486 e. The molecule has 1 saturated carbocycles. The molecule has 6 heteroatoms. The number of rotatable bonds is 7. The van der Waals surface area contributed by atoms with Gasteiger partial charge in [-0.3, -0.25) is 0 Å². The first-order valence-corrected chi connectivity index (χ1v) is 10.7. The Hall–Kier alpha value is -2.83. The predicted octanol–water partition coefficient (Wildman–Crippen LogP) is 5.94. The van der Waals surface area contributed by atoms with Crippen LogP contribution in [-0.4, -0.2) is 19.6 Å². The van der Waals surface area contributed by atoms with Crippen LogP contribution in [0.4, 0.5) is 13.2 Å². The molecule has 32 heavy (non-hydrogen) atoms. The molecule has 4 rings (SSSR count). The van der Waals surface area contributed by atoms with E-state index in [9.17, 15) is 13.2 Å². The Kier molecular flexibility index (Phi) is 8.31. The van der Waals surface area contributed by atoms with Crippen molar-refractivity contribution in [2.75, 3.05) is 13.6 Å². The van der Waals surface area contributed by atoms with Crippen LogP contribution in [0, 0.1) is 0 Å². The number of hydrogen-bond donors (Lipinski definition) is 2. The van der Waals surface area contributed by atoms with Crippen molar-refractivity contribution < 1.29 is 17.9 Å². The molecule has 0 radical (unpaired) electrons. The highest BCUT2D eigenvalue weighted by Crippen LogP contribution is 2.38. The van der Waals surface area contributed by atoms with Crippen LogP contribution in [0.15, 0.2) is 84.9 Å². The van der Waals surface area contributed by atoms with Crippen molar-refractivity contribution in [3.8, 4) is 5.75 Å². The first-order chi connectivity index (χ1) is 15.4. The van der Waals surface area contributed by atoms with E-state index in [0.717, 1.165) is 30.7 Å². The van der Waals surface area contributed by atoms with Gasteiger partial charge in [0, 0.05) is 18.4 Å². The van der Waals surface area contributed by atoms with Gasteiger partial charge >= 0.3 is 6.18 Å². The van der Waals surface area contributed by atoms with Gasteiger partial charge in [0.25, 0.3) is 0 Å². The molecular weight excluding hydrogens is 413 g/mol. The summed E-state index contributed by atoms with van der Waals surface area (Å²) in [6, 6.07) is 25.3. The smallest absolute Gasteiger partial charge is 0.416 e. The summed E-state index contributed by atoms with van der Waals surface area (Å²) in [5.74, 6) is 1.08. The predicted molar refractivity (Wildman–Crippen MR) is 122 cm³/mol. The monoisotopic (exact) mass is 442 g/mol. The quantitative estimate of drug-likeness (QED) is 0.476. The van der Waals surface area contributed by atoms with E-state index >= 15 is 0 Å². The zero-order chi connectivity index (χ0) is 23.0. The standard InChI is InChI=1S/C17H18F3NO.C9H11N/c1-21-12-11-16(13-5-3-2-4-6-13)22-15-9-7-14(8-10-15)17(18,19)20;10-9-6-8(9)7-4-2-1-3-5-7/h2-10,16,21H,11-12H2,1H3;1-5,8-9H,6,10H2/t;8-,9+/m.0/s1. The zero-order valence-corrected chi connectivity index (χ0v) is 18.1. The molecule has 1 fully saturated rings. The van der Waals surface area contributed by atoms with Crippen LogP contribution in [0.25, 0.3) is 0 Å². The number of ether oxygens (including phenoxy) is 1. The Balaban J connectivity index is 0.000000238. The lowest BCUT2D eigenvalue weighted by Crippen LogP contribution is -2.16. The second-order valence-corrected chi connectivity index (χ2v) is 7.85. The van der Waals surface area contributed by atoms with Gasteiger partial charge in [-0.25, -0.2) is 0 Å². The van der Waals surface area contributed by atoms with Crippen molar-refractivity contribution in [2.45, 2.75) is 37.1 Å². The Morgan fingerprint density at radius 3 is 2.00 bits per heavy atom. The third-order valence-corrected chi connectivity index (χ3v) is 5.36. The van der Waals surface area contributed by atoms with Crippen molar-refractivity contribution in [2.24, 2.45) is 5.73 Å². The molecule has 170 valence electrons. The van der Waals surface area contributed by atoms with E-state index in [1.807, 2.05) is 43.4 Å². The molecule has 3 nitrogen and oxygen atoms in total. The highest BCUT2D eigenvalue weighted by molar-refractivity contribution is 5.30. The molecule has 3 aromatic carbocycles. The van der Waals surface area contributed by atoms with Gasteiger partial charge in [-0.1, -0.05) is 60.7 Å². The molecular formula is C26H29F3N2O. The third-order valence-electron chi connectivity index (χ3n) is 5.36. The van der Waals surface area contributed by atoms with Crippen LogP contribution in [-0.2, 0) is 6.18 Å². The Bertz CT molecular complexity index is 931. The molecule has 0 spiro atoms. The number of alkyl halides is 3. The van der Waals surface area contributed by atoms with Crippen LogP contribution in [0.2, 0.25) is 0 Å². The third kappa shape index (κ3) is 7.11. The molecule has 1 aliphatic carbocycles. The Morgan fingerprint density at radius 2 is 1.50 bits per heavy atom. The molecule has 3 aromatic rings. The Labute approximate surface area is 187 Å². The molecule has 0 saturated heterocycles. The SMILES string of the molecule is CNCCC(Oc1ccc(C(F)(F)F)cc1)c1ccccc1.N[C@@H]1C[C@H]1c1ccccc1. The highest BCUT2D eigenvalue weighted by Gasteiger charge is 2.34. The summed E-state index contributed by atoms with van der Waals surface area (Å²) in [6.45, 7) is 0.750. The van der Waals surface area contributed by atoms with Gasteiger partial charge in [-0.05, 0) is 55.4 Å². The van der Waals surface area contributed by atoms with Crippen LogP contribution in [0.5, 0.6) is 5.75 Å². The fourth-order valence-corrected chi connectivity index (χ4v) is 3.42. The van der Waals surface area contributed by atoms with Gasteiger partial charge in [-0.15, -0.1) is 0 Å². The van der Waals surface area contributed by atoms with Crippen LogP contribution < -0.4 is 15.8 Å². The largest absolute Gasteiger partial charge is 0.486 e. The number of hydrogen-bond acceptors (Lipinski definition) is 3. The minimum absolute atomic E-state index is 0.203. The van der Waals surface area contributed by atoms with Crippen molar-refractivity contribution in [1.82, 2.24) is 5.32 Å². The second-order valence-electron chi connectivity index (χ2n) is 7.85. The first kappa shape index (κ1) is 23.8. The van der Waals surface area contributed by atoms with Crippen LogP contribution >= 0.6 is 0 Å².